The van der Waals surface area contributed by atoms with E-state index in [0.717, 1.165) is 43.6 Å². The van der Waals surface area contributed by atoms with E-state index in [9.17, 15) is 8.42 Å². The fraction of sp³-hybridized carbons (Fsp3) is 0.786. The van der Waals surface area contributed by atoms with Crippen molar-refractivity contribution < 1.29 is 8.42 Å². The quantitative estimate of drug-likeness (QED) is 0.890. The molecule has 0 amide bonds. The lowest BCUT2D eigenvalue weighted by atomic mass is 10.0. The fourth-order valence-electron chi connectivity index (χ4n) is 3.11. The van der Waals surface area contributed by atoms with E-state index >= 15 is 0 Å². The molecule has 114 valence electrons. The lowest BCUT2D eigenvalue weighted by molar-refractivity contribution is 0.445. The minimum Gasteiger partial charge on any atom is -0.315 e. The average molecular weight is 299 g/mol. The molecule has 1 aromatic heterocycles. The predicted octanol–water partition coefficient (Wildman–Crippen LogP) is 1.31. The van der Waals surface area contributed by atoms with E-state index in [4.69, 9.17) is 0 Å². The smallest absolute Gasteiger partial charge is 0.154 e. The summed E-state index contributed by atoms with van der Waals surface area (Å²) in [5.74, 6) is 0.335. The van der Waals surface area contributed by atoms with Crippen molar-refractivity contribution in [1.82, 2.24) is 15.1 Å². The van der Waals surface area contributed by atoms with Crippen molar-refractivity contribution >= 4 is 9.84 Å². The molecule has 1 aromatic rings. The van der Waals surface area contributed by atoms with Crippen LogP contribution < -0.4 is 5.32 Å². The largest absolute Gasteiger partial charge is 0.315 e. The molecule has 1 N–H and O–H groups in total. The summed E-state index contributed by atoms with van der Waals surface area (Å²) in [6.45, 7) is 4.85. The van der Waals surface area contributed by atoms with Gasteiger partial charge in [-0.05, 0) is 39.8 Å². The van der Waals surface area contributed by atoms with Gasteiger partial charge in [0.2, 0.25) is 0 Å². The molecule has 1 aliphatic rings. The van der Waals surface area contributed by atoms with Gasteiger partial charge in [-0.15, -0.1) is 0 Å². The number of hydrogen-bond acceptors (Lipinski definition) is 4. The van der Waals surface area contributed by atoms with Gasteiger partial charge < -0.3 is 5.32 Å². The number of rotatable bonds is 5. The first-order valence-corrected chi connectivity index (χ1v) is 9.11. The molecule has 2 unspecified atom stereocenters. The van der Waals surface area contributed by atoms with Crippen molar-refractivity contribution in [2.24, 2.45) is 0 Å². The summed E-state index contributed by atoms with van der Waals surface area (Å²) < 4.78 is 26.5. The number of aromatic nitrogens is 2. The Bertz CT molecular complexity index is 551. The van der Waals surface area contributed by atoms with Crippen molar-refractivity contribution in [3.05, 3.63) is 17.5 Å². The third-order valence-corrected chi connectivity index (χ3v) is 6.51. The Hall–Kier alpha value is -0.880. The molecule has 2 heterocycles. The molecule has 1 aliphatic heterocycles. The van der Waals surface area contributed by atoms with Crippen LogP contribution in [0.2, 0.25) is 0 Å². The van der Waals surface area contributed by atoms with Gasteiger partial charge in [-0.25, -0.2) is 8.42 Å². The van der Waals surface area contributed by atoms with Crippen LogP contribution >= 0.6 is 0 Å². The number of hydrogen-bond donors (Lipinski definition) is 1. The van der Waals surface area contributed by atoms with Gasteiger partial charge in [0.25, 0.3) is 0 Å². The van der Waals surface area contributed by atoms with Gasteiger partial charge in [0.15, 0.2) is 9.84 Å². The van der Waals surface area contributed by atoms with Crippen LogP contribution in [-0.4, -0.2) is 42.3 Å². The van der Waals surface area contributed by atoms with Gasteiger partial charge in [0, 0.05) is 24.7 Å². The molecule has 0 bridgehead atoms. The van der Waals surface area contributed by atoms with Gasteiger partial charge in [-0.1, -0.05) is 6.42 Å². The number of nitrogens with one attached hydrogen (secondary N) is 1. The van der Waals surface area contributed by atoms with Gasteiger partial charge in [-0.2, -0.15) is 5.10 Å². The lowest BCUT2D eigenvalue weighted by Crippen LogP contribution is -2.46. The molecule has 2 atom stereocenters. The van der Waals surface area contributed by atoms with Crippen LogP contribution in [0.5, 0.6) is 0 Å². The summed E-state index contributed by atoms with van der Waals surface area (Å²) >= 11 is 0. The molecule has 5 nitrogen and oxygen atoms in total. The molecule has 0 aromatic carbocycles. The van der Waals surface area contributed by atoms with Crippen LogP contribution in [0.3, 0.4) is 0 Å². The Morgan fingerprint density at radius 3 is 2.85 bits per heavy atom. The van der Waals surface area contributed by atoms with Gasteiger partial charge in [-0.3, -0.25) is 4.68 Å². The molecule has 0 radical (unpaired) electrons. The second-order valence-corrected chi connectivity index (χ2v) is 7.93. The third kappa shape index (κ3) is 3.23. The highest BCUT2D eigenvalue weighted by Gasteiger charge is 2.35. The Morgan fingerprint density at radius 2 is 2.25 bits per heavy atom. The molecule has 20 heavy (non-hydrogen) atoms. The second-order valence-electron chi connectivity index (χ2n) is 5.59. The molecule has 0 spiro atoms. The van der Waals surface area contributed by atoms with Crippen molar-refractivity contribution in [2.75, 3.05) is 12.8 Å². The molecular weight excluding hydrogens is 274 g/mol. The van der Waals surface area contributed by atoms with Crippen molar-refractivity contribution in [3.63, 3.8) is 0 Å². The zero-order valence-corrected chi connectivity index (χ0v) is 13.4. The number of aryl methyl sites for hydroxylation is 2. The summed E-state index contributed by atoms with van der Waals surface area (Å²) in [5.41, 5.74) is 2.10. The van der Waals surface area contributed by atoms with Crippen molar-refractivity contribution in [1.29, 1.82) is 0 Å². The summed E-state index contributed by atoms with van der Waals surface area (Å²) in [6, 6.07) is 2.03. The molecule has 1 saturated heterocycles. The van der Waals surface area contributed by atoms with Crippen LogP contribution in [0.25, 0.3) is 0 Å². The zero-order chi connectivity index (χ0) is 14.8. The van der Waals surface area contributed by atoms with Crippen LogP contribution in [0, 0.1) is 6.92 Å². The van der Waals surface area contributed by atoms with E-state index in [0.29, 0.717) is 5.75 Å². The van der Waals surface area contributed by atoms with E-state index in [1.54, 1.807) is 0 Å². The fourth-order valence-corrected chi connectivity index (χ4v) is 5.28. The maximum Gasteiger partial charge on any atom is 0.154 e. The summed E-state index contributed by atoms with van der Waals surface area (Å²) in [7, 11) is -1.10. The lowest BCUT2D eigenvalue weighted by Gasteiger charge is -2.30. The molecule has 1 fully saturated rings. The van der Waals surface area contributed by atoms with E-state index in [1.807, 2.05) is 18.7 Å². The second kappa shape index (κ2) is 6.26. The first-order valence-electron chi connectivity index (χ1n) is 7.40. The van der Waals surface area contributed by atoms with E-state index < -0.39 is 9.84 Å². The van der Waals surface area contributed by atoms with Crippen LogP contribution in [0.4, 0.5) is 0 Å². The van der Waals surface area contributed by atoms with Crippen LogP contribution in [-0.2, 0) is 22.8 Å². The maximum absolute atomic E-state index is 12.3. The zero-order valence-electron chi connectivity index (χ0n) is 12.6. The molecular formula is C14H25N3O2S. The number of nitrogens with zero attached hydrogens (tertiary/aromatic N) is 2. The van der Waals surface area contributed by atoms with Gasteiger partial charge in [0.1, 0.15) is 0 Å². The Kier molecular flexibility index (Phi) is 4.86. The molecule has 2 rings (SSSR count). The van der Waals surface area contributed by atoms with Crippen LogP contribution in [0.15, 0.2) is 6.07 Å². The Labute approximate surface area is 121 Å². The first-order chi connectivity index (χ1) is 9.47. The van der Waals surface area contributed by atoms with Gasteiger partial charge in [0.05, 0.1) is 16.7 Å². The first kappa shape index (κ1) is 15.5. The predicted molar refractivity (Wildman–Crippen MR) is 80.6 cm³/mol. The Balaban J connectivity index is 2.20. The summed E-state index contributed by atoms with van der Waals surface area (Å²) in [6.07, 6.45) is 3.30. The molecule has 6 heteroatoms. The topological polar surface area (TPSA) is 64.0 Å². The third-order valence-electron chi connectivity index (χ3n) is 4.16. The van der Waals surface area contributed by atoms with Crippen molar-refractivity contribution in [3.8, 4) is 0 Å². The molecule has 0 saturated carbocycles. The number of likely N-dealkylation sites (N-methyl/N-ethyl adjacent to an activating group) is 1. The average Bonchev–Trinajstić information content (AvgIpc) is 2.76. The Morgan fingerprint density at radius 1 is 1.50 bits per heavy atom. The highest BCUT2D eigenvalue weighted by Crippen LogP contribution is 2.24. The highest BCUT2D eigenvalue weighted by molar-refractivity contribution is 7.92. The van der Waals surface area contributed by atoms with E-state index in [2.05, 4.69) is 23.4 Å². The maximum atomic E-state index is 12.3. The van der Waals surface area contributed by atoms with Crippen LogP contribution in [0.1, 0.15) is 37.6 Å². The minimum absolute atomic E-state index is 0.0262. The summed E-state index contributed by atoms with van der Waals surface area (Å²) in [4.78, 5) is 0. The minimum atomic E-state index is -2.96. The molecule has 0 aliphatic carbocycles. The SMILES string of the molecule is CCn1nc(C)cc1CC(NC)C1CCCCS1(=O)=O. The van der Waals surface area contributed by atoms with E-state index in [-0.39, 0.29) is 11.3 Å². The normalized spacial score (nSPS) is 23.6. The highest BCUT2D eigenvalue weighted by atomic mass is 32.2. The van der Waals surface area contributed by atoms with Gasteiger partial charge >= 0.3 is 0 Å². The van der Waals surface area contributed by atoms with Crippen molar-refractivity contribution in [2.45, 2.75) is 57.4 Å². The number of sulfone groups is 1. The standard InChI is InChI=1S/C14H25N3O2S/c1-4-17-12(9-11(2)16-17)10-13(15-3)14-7-5-6-8-20(14,18)19/h9,13-15H,4-8,10H2,1-3H3. The monoisotopic (exact) mass is 299 g/mol. The summed E-state index contributed by atoms with van der Waals surface area (Å²) in [5, 5.41) is 7.39. The van der Waals surface area contributed by atoms with E-state index in [1.165, 1.54) is 0 Å².